The van der Waals surface area contributed by atoms with E-state index in [1.54, 1.807) is 12.1 Å². The fraction of sp³-hybridized carbons (Fsp3) is 0.636. The third kappa shape index (κ3) is 6.75. The van der Waals surface area contributed by atoms with Crippen LogP contribution in [-0.4, -0.2) is 24.2 Å². The van der Waals surface area contributed by atoms with Gasteiger partial charge in [-0.05, 0) is 38.2 Å². The van der Waals surface area contributed by atoms with Crippen molar-refractivity contribution in [1.29, 1.82) is 0 Å². The smallest absolute Gasteiger partial charge is 0.315 e. The molecule has 1 atom stereocenters. The Balaban J connectivity index is 2.70. The molecule has 0 aliphatic carbocycles. The number of hydrogen-bond donors (Lipinski definition) is 0. The van der Waals surface area contributed by atoms with Crippen molar-refractivity contribution in [3.63, 3.8) is 0 Å². The van der Waals surface area contributed by atoms with Gasteiger partial charge in [-0.2, -0.15) is 0 Å². The molecule has 146 valence electrons. The number of ether oxygens (including phenoxy) is 1. The van der Waals surface area contributed by atoms with Crippen LogP contribution in [0.4, 0.5) is 0 Å². The van der Waals surface area contributed by atoms with E-state index in [1.165, 1.54) is 6.42 Å². The number of halogens is 1. The molecule has 1 aromatic rings. The molecule has 0 heterocycles. The highest BCUT2D eigenvalue weighted by molar-refractivity contribution is 6.18. The van der Waals surface area contributed by atoms with Crippen LogP contribution in [0.3, 0.4) is 0 Å². The molecule has 0 amide bonds. The van der Waals surface area contributed by atoms with E-state index in [4.69, 9.17) is 16.3 Å². The maximum atomic E-state index is 12.6. The first-order chi connectivity index (χ1) is 12.4. The van der Waals surface area contributed by atoms with E-state index >= 15 is 0 Å². The highest BCUT2D eigenvalue weighted by Crippen LogP contribution is 2.26. The van der Waals surface area contributed by atoms with E-state index in [-0.39, 0.29) is 11.8 Å². The van der Waals surface area contributed by atoms with Crippen LogP contribution in [-0.2, 0) is 14.9 Å². The molecule has 1 rings (SSSR count). The molecule has 0 aliphatic rings. The minimum Gasteiger partial charge on any atom is -0.465 e. The molecule has 0 fully saturated rings. The number of alkyl halides is 1. The minimum atomic E-state index is -0.735. The zero-order valence-electron chi connectivity index (χ0n) is 16.6. The topological polar surface area (TPSA) is 43.4 Å². The molecule has 4 heteroatoms. The number of rotatable bonds is 12. The molecule has 0 aromatic heterocycles. The summed E-state index contributed by atoms with van der Waals surface area (Å²) in [5.41, 5.74) is 0.785. The lowest BCUT2D eigenvalue weighted by atomic mass is 9.84. The summed E-state index contributed by atoms with van der Waals surface area (Å²) >= 11 is 5.64. The van der Waals surface area contributed by atoms with Crippen molar-refractivity contribution >= 4 is 23.4 Å². The summed E-state index contributed by atoms with van der Waals surface area (Å²) in [4.78, 5) is 24.7. The quantitative estimate of drug-likeness (QED) is 0.256. The second-order valence-corrected chi connectivity index (χ2v) is 7.81. The van der Waals surface area contributed by atoms with Gasteiger partial charge < -0.3 is 4.74 Å². The largest absolute Gasteiger partial charge is 0.465 e. The monoisotopic (exact) mass is 380 g/mol. The van der Waals surface area contributed by atoms with E-state index in [9.17, 15) is 9.59 Å². The van der Waals surface area contributed by atoms with Gasteiger partial charge in [-0.3, -0.25) is 9.59 Å². The molecule has 3 nitrogen and oxygen atoms in total. The van der Waals surface area contributed by atoms with Crippen LogP contribution in [0.25, 0.3) is 0 Å². The van der Waals surface area contributed by atoms with Gasteiger partial charge in [0.2, 0.25) is 0 Å². The van der Waals surface area contributed by atoms with Crippen LogP contribution >= 0.6 is 11.6 Å². The molecule has 0 aliphatic heterocycles. The Bertz CT molecular complexity index is 563. The molecule has 26 heavy (non-hydrogen) atoms. The maximum absolute atomic E-state index is 12.6. The molecule has 0 bridgehead atoms. The fourth-order valence-electron chi connectivity index (χ4n) is 2.83. The number of esters is 1. The van der Waals surface area contributed by atoms with Gasteiger partial charge in [0.05, 0.1) is 12.0 Å². The second-order valence-electron chi connectivity index (χ2n) is 7.43. The Morgan fingerprint density at radius 2 is 1.77 bits per heavy atom. The molecule has 0 N–H and O–H groups in total. The standard InChI is InChI=1S/C22H33ClO3/c1-5-7-9-17(6-2)16-26-21(25)22(3,4)19-13-11-18(12-14-19)20(24)10-8-15-23/h11-14,17H,5-10,15-16H2,1-4H3. The van der Waals surface area contributed by atoms with Gasteiger partial charge in [0.1, 0.15) is 0 Å². The van der Waals surface area contributed by atoms with Crippen molar-refractivity contribution in [1.82, 2.24) is 0 Å². The first-order valence-electron chi connectivity index (χ1n) is 9.73. The Labute approximate surface area is 163 Å². The fourth-order valence-corrected chi connectivity index (χ4v) is 2.97. The predicted octanol–water partition coefficient (Wildman–Crippen LogP) is 5.93. The van der Waals surface area contributed by atoms with Gasteiger partial charge in [0.25, 0.3) is 0 Å². The van der Waals surface area contributed by atoms with Crippen molar-refractivity contribution in [2.75, 3.05) is 12.5 Å². The van der Waals surface area contributed by atoms with Gasteiger partial charge in [0, 0.05) is 17.9 Å². The van der Waals surface area contributed by atoms with Crippen LogP contribution in [0.1, 0.15) is 82.1 Å². The summed E-state index contributed by atoms with van der Waals surface area (Å²) in [5, 5.41) is 0. The number of benzene rings is 1. The lowest BCUT2D eigenvalue weighted by Crippen LogP contribution is -2.32. The van der Waals surface area contributed by atoms with Crippen LogP contribution in [0.2, 0.25) is 0 Å². The average molecular weight is 381 g/mol. The first-order valence-corrected chi connectivity index (χ1v) is 10.3. The zero-order valence-corrected chi connectivity index (χ0v) is 17.4. The van der Waals surface area contributed by atoms with Gasteiger partial charge in [-0.25, -0.2) is 0 Å². The Morgan fingerprint density at radius 1 is 1.12 bits per heavy atom. The van der Waals surface area contributed by atoms with Crippen LogP contribution in [0, 0.1) is 5.92 Å². The van der Waals surface area contributed by atoms with Crippen molar-refractivity contribution in [2.45, 2.75) is 71.6 Å². The summed E-state index contributed by atoms with van der Waals surface area (Å²) in [6, 6.07) is 7.28. The normalized spacial score (nSPS) is 12.7. The van der Waals surface area contributed by atoms with Crippen molar-refractivity contribution in [2.24, 2.45) is 5.92 Å². The summed E-state index contributed by atoms with van der Waals surface area (Å²) < 4.78 is 5.62. The first kappa shape index (κ1) is 22.7. The summed E-state index contributed by atoms with van der Waals surface area (Å²) in [6.45, 7) is 8.53. The number of ketones is 1. The molecule has 1 unspecified atom stereocenters. The molecular formula is C22H33ClO3. The number of unbranched alkanes of at least 4 members (excludes halogenated alkanes) is 1. The van der Waals surface area contributed by atoms with E-state index in [0.29, 0.717) is 36.8 Å². The Morgan fingerprint density at radius 3 is 2.31 bits per heavy atom. The van der Waals surface area contributed by atoms with Crippen molar-refractivity contribution < 1.29 is 14.3 Å². The Hall–Kier alpha value is -1.35. The number of Topliss-reactive ketones (excluding diaryl/α,β-unsaturated/α-hetero) is 1. The number of hydrogen-bond acceptors (Lipinski definition) is 3. The van der Waals surface area contributed by atoms with Gasteiger partial charge >= 0.3 is 5.97 Å². The lowest BCUT2D eigenvalue weighted by molar-refractivity contribution is -0.150. The van der Waals surface area contributed by atoms with E-state index in [2.05, 4.69) is 13.8 Å². The predicted molar refractivity (Wildman–Crippen MR) is 108 cm³/mol. The van der Waals surface area contributed by atoms with E-state index in [1.807, 2.05) is 26.0 Å². The van der Waals surface area contributed by atoms with E-state index < -0.39 is 5.41 Å². The van der Waals surface area contributed by atoms with Gasteiger partial charge in [0.15, 0.2) is 5.78 Å². The molecule has 0 saturated heterocycles. The molecule has 0 radical (unpaired) electrons. The van der Waals surface area contributed by atoms with Gasteiger partial charge in [-0.1, -0.05) is 57.4 Å². The van der Waals surface area contributed by atoms with Crippen LogP contribution in [0.15, 0.2) is 24.3 Å². The molecule has 0 saturated carbocycles. The molecule has 0 spiro atoms. The maximum Gasteiger partial charge on any atom is 0.315 e. The summed E-state index contributed by atoms with van der Waals surface area (Å²) in [7, 11) is 0. The number of carbonyl (C=O) groups is 2. The average Bonchev–Trinajstić information content (AvgIpc) is 2.66. The summed E-state index contributed by atoms with van der Waals surface area (Å²) in [6.07, 6.45) is 5.57. The van der Waals surface area contributed by atoms with Gasteiger partial charge in [-0.15, -0.1) is 11.6 Å². The molecule has 1 aromatic carbocycles. The third-order valence-corrected chi connectivity index (χ3v) is 5.24. The van der Waals surface area contributed by atoms with Crippen LogP contribution < -0.4 is 0 Å². The number of carbonyl (C=O) groups excluding carboxylic acids is 2. The lowest BCUT2D eigenvalue weighted by Gasteiger charge is -2.25. The highest BCUT2D eigenvalue weighted by atomic mass is 35.5. The minimum absolute atomic E-state index is 0.0827. The molecular weight excluding hydrogens is 348 g/mol. The van der Waals surface area contributed by atoms with E-state index in [0.717, 1.165) is 24.8 Å². The Kier molecular flexibility index (Phi) is 9.93. The van der Waals surface area contributed by atoms with Crippen molar-refractivity contribution in [3.8, 4) is 0 Å². The SMILES string of the molecule is CCCCC(CC)COC(=O)C(C)(C)c1ccc(C(=O)CCCCl)cc1. The van der Waals surface area contributed by atoms with Crippen LogP contribution in [0.5, 0.6) is 0 Å². The highest BCUT2D eigenvalue weighted by Gasteiger charge is 2.32. The zero-order chi connectivity index (χ0) is 19.6. The van der Waals surface area contributed by atoms with Crippen molar-refractivity contribution in [3.05, 3.63) is 35.4 Å². The third-order valence-electron chi connectivity index (χ3n) is 4.97. The summed E-state index contributed by atoms with van der Waals surface area (Å²) in [5.74, 6) is 0.782. The second kappa shape index (κ2) is 11.4.